The molecule has 0 amide bonds. The largest absolute Gasteiger partial charge is 0.677 e. The lowest BCUT2D eigenvalue weighted by Gasteiger charge is -2.06. The second-order valence-corrected chi connectivity index (χ2v) is 6.58. The van der Waals surface area contributed by atoms with Crippen LogP contribution in [0.3, 0.4) is 0 Å². The summed E-state index contributed by atoms with van der Waals surface area (Å²) in [5, 5.41) is 0. The van der Waals surface area contributed by atoms with E-state index in [0.717, 1.165) is 21.5 Å². The van der Waals surface area contributed by atoms with Gasteiger partial charge in [0.2, 0.25) is 5.70 Å². The Bertz CT molecular complexity index is 742. The normalized spacial score (nSPS) is 15.9. The second-order valence-electron chi connectivity index (χ2n) is 6.58. The van der Waals surface area contributed by atoms with Crippen LogP contribution >= 0.6 is 0 Å². The summed E-state index contributed by atoms with van der Waals surface area (Å²) in [7, 11) is -0.660. The first-order valence-electron chi connectivity index (χ1n) is 8.21. The zero-order valence-electron chi connectivity index (χ0n) is 14.9. The highest BCUT2D eigenvalue weighted by atomic mass is 19.2. The van der Waals surface area contributed by atoms with Crippen molar-refractivity contribution < 1.29 is 18.0 Å². The Morgan fingerprint density at radius 1 is 1.33 bits per heavy atom. The lowest BCUT2D eigenvalue weighted by molar-refractivity contribution is -0.433. The van der Waals surface area contributed by atoms with Crippen molar-refractivity contribution in [3.8, 4) is 0 Å². The second kappa shape index (κ2) is 7.28. The minimum Gasteiger partial charge on any atom is -0.329 e. The minimum absolute atomic E-state index is 0.0382. The average Bonchev–Trinajstić information content (AvgIpc) is 2.97. The molecule has 128 valence electrons. The highest BCUT2D eigenvalue weighted by molar-refractivity contribution is 6.41. The van der Waals surface area contributed by atoms with Crippen LogP contribution in [0.15, 0.2) is 23.9 Å². The van der Waals surface area contributed by atoms with E-state index in [1.54, 1.807) is 19.1 Å². The van der Waals surface area contributed by atoms with E-state index in [-0.39, 0.29) is 11.7 Å². The van der Waals surface area contributed by atoms with Crippen molar-refractivity contribution in [2.75, 3.05) is 7.05 Å². The van der Waals surface area contributed by atoms with Gasteiger partial charge >= 0.3 is 7.40 Å². The molecule has 0 saturated carbocycles. The molecule has 1 aliphatic rings. The van der Waals surface area contributed by atoms with E-state index in [1.807, 2.05) is 44.5 Å². The Kier molecular flexibility index (Phi) is 5.57. The number of aromatic nitrogens is 1. The van der Waals surface area contributed by atoms with E-state index in [2.05, 4.69) is 0 Å². The maximum atomic E-state index is 13.3. The van der Waals surface area contributed by atoms with Gasteiger partial charge in [0.15, 0.2) is 5.71 Å². The standard InChI is InChI=1S/C18H24BF2N2O/c1-12(2)18(24)9-8-15-6-7-16(22(15)5)11-17-13(3)10-14(4)23(17)19(20)21/h6-7,10-12H,8-9H2,1-5H3/q+1. The Balaban J connectivity index is 2.27. The predicted molar refractivity (Wildman–Crippen MR) is 94.7 cm³/mol. The minimum atomic E-state index is -2.56. The van der Waals surface area contributed by atoms with Gasteiger partial charge in [0.25, 0.3) is 0 Å². The fourth-order valence-corrected chi connectivity index (χ4v) is 2.93. The number of carbonyl (C=O) groups is 1. The van der Waals surface area contributed by atoms with Crippen molar-refractivity contribution in [2.24, 2.45) is 5.92 Å². The number of hydrogen-bond donors (Lipinski definition) is 0. The summed E-state index contributed by atoms with van der Waals surface area (Å²) >= 11 is 0. The number of nitrogens with zero attached hydrogens (tertiary/aromatic N) is 2. The molecule has 0 atom stereocenters. The van der Waals surface area contributed by atoms with Crippen molar-refractivity contribution in [3.05, 3.63) is 40.9 Å². The van der Waals surface area contributed by atoms with E-state index in [9.17, 15) is 13.4 Å². The third kappa shape index (κ3) is 3.74. The Hall–Kier alpha value is -1.98. The van der Waals surface area contributed by atoms with Crippen molar-refractivity contribution in [2.45, 2.75) is 40.5 Å². The molecule has 0 unspecified atom stereocenters. The van der Waals surface area contributed by atoms with Gasteiger partial charge in [0, 0.05) is 48.4 Å². The molecule has 6 heteroatoms. The van der Waals surface area contributed by atoms with Gasteiger partial charge in [0.1, 0.15) is 12.8 Å². The molecule has 0 N–H and O–H groups in total. The van der Waals surface area contributed by atoms with Crippen molar-refractivity contribution >= 4 is 25.0 Å². The molecular weight excluding hydrogens is 309 g/mol. The van der Waals surface area contributed by atoms with Crippen LogP contribution < -0.4 is 0 Å². The van der Waals surface area contributed by atoms with Gasteiger partial charge in [-0.2, -0.15) is 4.58 Å². The number of likely N-dealkylation sites (N-methyl/N-ethyl adjacent to an activating group) is 1. The van der Waals surface area contributed by atoms with Crippen LogP contribution in [-0.2, 0) is 4.79 Å². The van der Waals surface area contributed by atoms with Crippen LogP contribution in [-0.4, -0.2) is 35.0 Å². The van der Waals surface area contributed by atoms with Crippen LogP contribution in [0.5, 0.6) is 0 Å². The fraction of sp³-hybridized carbons (Fsp3) is 0.444. The summed E-state index contributed by atoms with van der Waals surface area (Å²) in [4.78, 5) is 11.8. The molecule has 0 fully saturated rings. The fourth-order valence-electron chi connectivity index (χ4n) is 2.93. The molecule has 2 heterocycles. The maximum absolute atomic E-state index is 13.3. The lowest BCUT2D eigenvalue weighted by atomic mass is 10.0. The van der Waals surface area contributed by atoms with Crippen molar-refractivity contribution in [1.29, 1.82) is 0 Å². The molecule has 0 aromatic carbocycles. The van der Waals surface area contributed by atoms with Gasteiger partial charge in [-0.1, -0.05) is 13.8 Å². The van der Waals surface area contributed by atoms with Crippen LogP contribution in [0.2, 0.25) is 0 Å². The molecule has 1 aromatic heterocycles. The molecule has 1 aromatic rings. The van der Waals surface area contributed by atoms with Crippen LogP contribution in [0.1, 0.15) is 43.6 Å². The van der Waals surface area contributed by atoms with Gasteiger partial charge in [0.05, 0.1) is 0 Å². The number of rotatable bonds is 6. The molecule has 0 aliphatic carbocycles. The molecule has 24 heavy (non-hydrogen) atoms. The number of ketones is 1. The third-order valence-electron chi connectivity index (χ3n) is 4.48. The zero-order valence-corrected chi connectivity index (χ0v) is 14.9. The van der Waals surface area contributed by atoms with Crippen LogP contribution in [0.25, 0.3) is 6.08 Å². The summed E-state index contributed by atoms with van der Waals surface area (Å²) in [6.45, 7) is 7.32. The predicted octanol–water partition coefficient (Wildman–Crippen LogP) is 3.88. The van der Waals surface area contributed by atoms with E-state index < -0.39 is 7.40 Å². The maximum Gasteiger partial charge on any atom is 0.677 e. The first kappa shape index (κ1) is 18.4. The third-order valence-corrected chi connectivity index (χ3v) is 4.48. The quantitative estimate of drug-likeness (QED) is 0.573. The Morgan fingerprint density at radius 3 is 2.58 bits per heavy atom. The number of aryl methyl sites for hydroxylation is 2. The summed E-state index contributed by atoms with van der Waals surface area (Å²) in [6.07, 6.45) is 6.81. The number of carbonyl (C=O) groups excluding carboxylic acids is 1. The molecule has 0 radical (unpaired) electrons. The average molecular weight is 333 g/mol. The summed E-state index contributed by atoms with van der Waals surface area (Å²) in [5.41, 5.74) is 3.77. The van der Waals surface area contributed by atoms with Gasteiger partial charge in [-0.25, -0.2) is 0 Å². The molecule has 3 nitrogen and oxygen atoms in total. The highest BCUT2D eigenvalue weighted by Gasteiger charge is 2.26. The zero-order chi connectivity index (χ0) is 18.0. The van der Waals surface area contributed by atoms with E-state index in [4.69, 9.17) is 0 Å². The van der Waals surface area contributed by atoms with E-state index in [0.29, 0.717) is 24.2 Å². The van der Waals surface area contributed by atoms with Gasteiger partial charge in [-0.15, -0.1) is 0 Å². The van der Waals surface area contributed by atoms with E-state index in [1.165, 1.54) is 0 Å². The first-order valence-corrected chi connectivity index (χ1v) is 8.21. The number of hydrogen-bond acceptors (Lipinski definition) is 1. The van der Waals surface area contributed by atoms with Crippen molar-refractivity contribution in [3.63, 3.8) is 0 Å². The van der Waals surface area contributed by atoms with Crippen LogP contribution in [0.4, 0.5) is 8.63 Å². The number of halogens is 2. The molecule has 2 rings (SSSR count). The number of allylic oxidation sites excluding steroid dienone is 2. The number of Topliss-reactive ketones (excluding diaryl/α,β-unsaturated/α-hetero) is 1. The molecule has 1 aliphatic heterocycles. The molecule has 0 bridgehead atoms. The first-order chi connectivity index (χ1) is 11.2. The van der Waals surface area contributed by atoms with Crippen molar-refractivity contribution in [1.82, 2.24) is 4.48 Å². The topological polar surface area (TPSA) is 25.0 Å². The monoisotopic (exact) mass is 333 g/mol. The van der Waals surface area contributed by atoms with E-state index >= 15 is 0 Å². The highest BCUT2D eigenvalue weighted by Crippen LogP contribution is 2.22. The molecule has 0 saturated heterocycles. The van der Waals surface area contributed by atoms with Gasteiger partial charge < -0.3 is 4.48 Å². The summed E-state index contributed by atoms with van der Waals surface area (Å²) < 4.78 is 29.6. The van der Waals surface area contributed by atoms with Gasteiger partial charge in [-0.05, 0) is 25.5 Å². The Labute approximate surface area is 142 Å². The SMILES string of the molecule is Cc1cc(C)n(B(F)F)c1/C=C1/C=CC(CCC(=O)C(C)C)=[N+]1C. The summed E-state index contributed by atoms with van der Waals surface area (Å²) in [5.74, 6) is 0.274. The Morgan fingerprint density at radius 2 is 2.00 bits per heavy atom. The summed E-state index contributed by atoms with van der Waals surface area (Å²) in [6, 6.07) is 1.77. The van der Waals surface area contributed by atoms with Gasteiger partial charge in [-0.3, -0.25) is 13.4 Å². The lowest BCUT2D eigenvalue weighted by Crippen LogP contribution is -2.17. The molecular formula is C18H24BF2N2O+. The smallest absolute Gasteiger partial charge is 0.329 e. The molecule has 0 spiro atoms. The van der Waals surface area contributed by atoms with Crippen LogP contribution in [0, 0.1) is 19.8 Å².